The minimum Gasteiger partial charge on any atom is -0.486 e. The van der Waals surface area contributed by atoms with Crippen LogP contribution in [0.2, 0.25) is 5.02 Å². The smallest absolute Gasteiger partial charge is 0.348 e. The Kier molecular flexibility index (Phi) is 8.13. The maximum Gasteiger partial charge on any atom is 0.348 e. The second-order valence-corrected chi connectivity index (χ2v) is 8.12. The van der Waals surface area contributed by atoms with E-state index in [1.54, 1.807) is 51.1 Å². The molecule has 8 nitrogen and oxygen atoms in total. The Labute approximate surface area is 199 Å². The molecule has 1 aromatic carbocycles. The zero-order valence-corrected chi connectivity index (χ0v) is 19.8. The van der Waals surface area contributed by atoms with Crippen LogP contribution < -0.4 is 10.1 Å². The van der Waals surface area contributed by atoms with Crippen LogP contribution >= 0.6 is 22.9 Å². The Morgan fingerprint density at radius 3 is 2.48 bits per heavy atom. The zero-order chi connectivity index (χ0) is 24.0. The molecule has 3 rings (SSSR count). The van der Waals surface area contributed by atoms with Crippen molar-refractivity contribution >= 4 is 45.8 Å². The molecule has 0 aliphatic carbocycles. The number of thiophene rings is 1. The van der Waals surface area contributed by atoms with Gasteiger partial charge in [0.2, 0.25) is 0 Å². The summed E-state index contributed by atoms with van der Waals surface area (Å²) in [4.78, 5) is 37.7. The van der Waals surface area contributed by atoms with Crippen molar-refractivity contribution in [3.05, 3.63) is 68.9 Å². The molecule has 10 heteroatoms. The van der Waals surface area contributed by atoms with Crippen molar-refractivity contribution in [1.29, 1.82) is 0 Å². The number of ether oxygens (including phenoxy) is 3. The molecule has 33 heavy (non-hydrogen) atoms. The van der Waals surface area contributed by atoms with Crippen molar-refractivity contribution in [2.45, 2.75) is 27.4 Å². The van der Waals surface area contributed by atoms with Gasteiger partial charge in [-0.25, -0.2) is 9.59 Å². The van der Waals surface area contributed by atoms with E-state index in [-0.39, 0.29) is 41.0 Å². The van der Waals surface area contributed by atoms with Crippen molar-refractivity contribution in [1.82, 2.24) is 0 Å². The number of amides is 1. The van der Waals surface area contributed by atoms with Gasteiger partial charge in [0.15, 0.2) is 5.76 Å². The fraction of sp³-hybridized carbons (Fsp3) is 0.261. The molecule has 0 radical (unpaired) electrons. The standard InChI is InChI=1S/C23H22ClNO7S/c1-4-29-22(27)18-13(3)19(23(28)30-5-2)33-21(18)25-20(26)17-10-9-16(32-17)12-31-15-8-6-7-14(24)11-15/h6-11H,4-5,12H2,1-3H3,(H,25,26). The van der Waals surface area contributed by atoms with Crippen molar-refractivity contribution < 1.29 is 33.0 Å². The van der Waals surface area contributed by atoms with Crippen LogP contribution in [0.15, 0.2) is 40.8 Å². The number of benzene rings is 1. The fourth-order valence-electron chi connectivity index (χ4n) is 2.90. The highest BCUT2D eigenvalue weighted by atomic mass is 35.5. The molecule has 0 unspecified atom stereocenters. The maximum absolute atomic E-state index is 12.8. The average molecular weight is 492 g/mol. The van der Waals surface area contributed by atoms with E-state index in [2.05, 4.69) is 5.32 Å². The highest BCUT2D eigenvalue weighted by Crippen LogP contribution is 2.34. The molecule has 2 heterocycles. The van der Waals surface area contributed by atoms with Gasteiger partial charge in [-0.3, -0.25) is 4.79 Å². The lowest BCUT2D eigenvalue weighted by Crippen LogP contribution is -2.14. The Morgan fingerprint density at radius 1 is 1.06 bits per heavy atom. The van der Waals surface area contributed by atoms with Crippen LogP contribution in [0.25, 0.3) is 0 Å². The monoisotopic (exact) mass is 491 g/mol. The lowest BCUT2D eigenvalue weighted by Gasteiger charge is -2.06. The summed E-state index contributed by atoms with van der Waals surface area (Å²) in [7, 11) is 0. The topological polar surface area (TPSA) is 104 Å². The Hall–Kier alpha value is -3.30. The Bertz CT molecular complexity index is 1170. The quantitative estimate of drug-likeness (QED) is 0.395. The van der Waals surface area contributed by atoms with Crippen LogP contribution in [0.3, 0.4) is 0 Å². The summed E-state index contributed by atoms with van der Waals surface area (Å²) in [5, 5.41) is 3.35. The molecule has 0 aliphatic heterocycles. The van der Waals surface area contributed by atoms with Crippen LogP contribution in [0.5, 0.6) is 5.75 Å². The number of hydrogen-bond acceptors (Lipinski definition) is 8. The van der Waals surface area contributed by atoms with E-state index in [1.807, 2.05) is 0 Å². The molecule has 0 aliphatic rings. The number of hydrogen-bond donors (Lipinski definition) is 1. The lowest BCUT2D eigenvalue weighted by atomic mass is 10.1. The second kappa shape index (κ2) is 11.0. The number of nitrogens with one attached hydrogen (secondary N) is 1. The van der Waals surface area contributed by atoms with Crippen molar-refractivity contribution in [2.24, 2.45) is 0 Å². The summed E-state index contributed by atoms with van der Waals surface area (Å²) in [6.45, 7) is 5.36. The molecule has 174 valence electrons. The summed E-state index contributed by atoms with van der Waals surface area (Å²) in [5.74, 6) is -0.828. The van der Waals surface area contributed by atoms with Gasteiger partial charge in [0.25, 0.3) is 5.91 Å². The minimum absolute atomic E-state index is 0.0123. The molecular formula is C23H22ClNO7S. The van der Waals surface area contributed by atoms with Gasteiger partial charge in [0, 0.05) is 5.02 Å². The van der Waals surface area contributed by atoms with Crippen LogP contribution in [0, 0.1) is 6.92 Å². The van der Waals surface area contributed by atoms with E-state index in [0.29, 0.717) is 22.1 Å². The van der Waals surface area contributed by atoms with E-state index < -0.39 is 17.8 Å². The number of carbonyl (C=O) groups excluding carboxylic acids is 3. The van der Waals surface area contributed by atoms with E-state index in [4.69, 9.17) is 30.2 Å². The number of halogens is 1. The predicted molar refractivity (Wildman–Crippen MR) is 123 cm³/mol. The molecule has 0 saturated carbocycles. The number of esters is 2. The molecule has 0 saturated heterocycles. The van der Waals surface area contributed by atoms with Crippen LogP contribution in [-0.4, -0.2) is 31.1 Å². The third-order valence-electron chi connectivity index (χ3n) is 4.38. The molecule has 1 amide bonds. The molecule has 0 bridgehead atoms. The zero-order valence-electron chi connectivity index (χ0n) is 18.2. The van der Waals surface area contributed by atoms with E-state index in [0.717, 1.165) is 11.3 Å². The number of carbonyl (C=O) groups is 3. The van der Waals surface area contributed by atoms with Crippen LogP contribution in [-0.2, 0) is 16.1 Å². The fourth-order valence-corrected chi connectivity index (χ4v) is 4.16. The second-order valence-electron chi connectivity index (χ2n) is 6.67. The number of anilines is 1. The summed E-state index contributed by atoms with van der Waals surface area (Å²) >= 11 is 6.88. The van der Waals surface area contributed by atoms with Gasteiger partial charge < -0.3 is 23.9 Å². The first kappa shape index (κ1) is 24.3. The van der Waals surface area contributed by atoms with Gasteiger partial charge >= 0.3 is 11.9 Å². The van der Waals surface area contributed by atoms with Crippen molar-refractivity contribution in [2.75, 3.05) is 18.5 Å². The molecule has 0 spiro atoms. The third-order valence-corrected chi connectivity index (χ3v) is 5.80. The summed E-state index contributed by atoms with van der Waals surface area (Å²) in [6.07, 6.45) is 0. The third kappa shape index (κ3) is 5.94. The van der Waals surface area contributed by atoms with Gasteiger partial charge in [-0.2, -0.15) is 0 Å². The number of rotatable bonds is 9. The molecular weight excluding hydrogens is 470 g/mol. The summed E-state index contributed by atoms with van der Waals surface area (Å²) in [6, 6.07) is 9.99. The molecule has 0 fully saturated rings. The molecule has 0 atom stereocenters. The van der Waals surface area contributed by atoms with Crippen LogP contribution in [0.1, 0.15) is 55.8 Å². The highest BCUT2D eigenvalue weighted by Gasteiger charge is 2.28. The van der Waals surface area contributed by atoms with E-state index in [9.17, 15) is 14.4 Å². The van der Waals surface area contributed by atoms with Crippen LogP contribution in [0.4, 0.5) is 5.00 Å². The first-order valence-corrected chi connectivity index (χ1v) is 11.3. The number of furan rings is 1. The van der Waals surface area contributed by atoms with E-state index in [1.165, 1.54) is 6.07 Å². The molecule has 1 N–H and O–H groups in total. The summed E-state index contributed by atoms with van der Waals surface area (Å²) in [5.41, 5.74) is 0.483. The lowest BCUT2D eigenvalue weighted by molar-refractivity contribution is 0.0527. The molecule has 2 aromatic heterocycles. The average Bonchev–Trinajstić information content (AvgIpc) is 3.37. The normalized spacial score (nSPS) is 10.5. The first-order valence-electron chi connectivity index (χ1n) is 10.1. The molecule has 3 aromatic rings. The van der Waals surface area contributed by atoms with Gasteiger partial charge in [-0.05, 0) is 56.7 Å². The van der Waals surface area contributed by atoms with Gasteiger partial charge in [-0.15, -0.1) is 11.3 Å². The van der Waals surface area contributed by atoms with Crippen molar-refractivity contribution in [3.63, 3.8) is 0 Å². The van der Waals surface area contributed by atoms with E-state index >= 15 is 0 Å². The predicted octanol–water partition coefficient (Wildman–Crippen LogP) is 5.49. The van der Waals surface area contributed by atoms with Gasteiger partial charge in [-0.1, -0.05) is 17.7 Å². The minimum atomic E-state index is -0.646. The van der Waals surface area contributed by atoms with Crippen molar-refractivity contribution in [3.8, 4) is 5.75 Å². The van der Waals surface area contributed by atoms with Gasteiger partial charge in [0.05, 0.1) is 18.8 Å². The SMILES string of the molecule is CCOC(=O)c1sc(NC(=O)c2ccc(COc3cccc(Cl)c3)o2)c(C(=O)OCC)c1C. The highest BCUT2D eigenvalue weighted by molar-refractivity contribution is 7.18. The van der Waals surface area contributed by atoms with Gasteiger partial charge in [0.1, 0.15) is 28.0 Å². The largest absolute Gasteiger partial charge is 0.486 e. The summed E-state index contributed by atoms with van der Waals surface area (Å²) < 4.78 is 21.3. The first-order chi connectivity index (χ1) is 15.8. The Balaban J connectivity index is 1.77. The maximum atomic E-state index is 12.8. The Morgan fingerprint density at radius 2 is 1.79 bits per heavy atom.